The third-order valence-corrected chi connectivity index (χ3v) is 4.65. The van der Waals surface area contributed by atoms with Gasteiger partial charge in [-0.2, -0.15) is 0 Å². The Morgan fingerprint density at radius 1 is 1.31 bits per heavy atom. The standard InChI is InChI=1S/C18H23ClN4O3/c1-25-8-9-26-15-4-2-14(3-5-15)21-18(24)16-10-13(19)11-17(22-16)23-7-6-20-12-23/h6-7,10-12,14-15H,2-5,8-9H2,1H3,(H,21,24)/t14-,15-. The van der Waals surface area contributed by atoms with Crippen LogP contribution in [0.5, 0.6) is 0 Å². The molecule has 0 atom stereocenters. The number of aromatic nitrogens is 3. The van der Waals surface area contributed by atoms with E-state index >= 15 is 0 Å². The van der Waals surface area contributed by atoms with E-state index in [4.69, 9.17) is 21.1 Å². The molecule has 0 spiro atoms. The lowest BCUT2D eigenvalue weighted by Gasteiger charge is -2.29. The molecule has 0 bridgehead atoms. The molecule has 0 saturated heterocycles. The lowest BCUT2D eigenvalue weighted by molar-refractivity contribution is -0.00409. The van der Waals surface area contributed by atoms with Crippen molar-refractivity contribution in [2.45, 2.75) is 37.8 Å². The lowest BCUT2D eigenvalue weighted by Crippen LogP contribution is -2.39. The van der Waals surface area contributed by atoms with Crippen LogP contribution in [0, 0.1) is 0 Å². The van der Waals surface area contributed by atoms with Gasteiger partial charge in [0.05, 0.1) is 19.3 Å². The maximum absolute atomic E-state index is 12.6. The van der Waals surface area contributed by atoms with Crippen molar-refractivity contribution in [3.63, 3.8) is 0 Å². The highest BCUT2D eigenvalue weighted by molar-refractivity contribution is 6.31. The van der Waals surface area contributed by atoms with E-state index in [0.29, 0.717) is 29.7 Å². The number of methoxy groups -OCH3 is 1. The quantitative estimate of drug-likeness (QED) is 0.749. The molecule has 2 aromatic heterocycles. The molecule has 8 heteroatoms. The second-order valence-corrected chi connectivity index (χ2v) is 6.75. The Hall–Kier alpha value is -1.96. The molecule has 26 heavy (non-hydrogen) atoms. The fourth-order valence-electron chi connectivity index (χ4n) is 3.06. The molecule has 1 N–H and O–H groups in total. The number of ether oxygens (including phenoxy) is 2. The summed E-state index contributed by atoms with van der Waals surface area (Å²) in [5.41, 5.74) is 0.305. The summed E-state index contributed by atoms with van der Waals surface area (Å²) >= 11 is 6.15. The first kappa shape index (κ1) is 18.8. The Morgan fingerprint density at radius 3 is 2.81 bits per heavy atom. The maximum atomic E-state index is 12.6. The van der Waals surface area contributed by atoms with Crippen LogP contribution in [-0.4, -0.2) is 52.9 Å². The summed E-state index contributed by atoms with van der Waals surface area (Å²) in [6.45, 7) is 1.22. The molecule has 1 amide bonds. The molecule has 2 aromatic rings. The van der Waals surface area contributed by atoms with E-state index in [9.17, 15) is 4.79 Å². The minimum absolute atomic E-state index is 0.127. The molecule has 1 saturated carbocycles. The number of halogens is 1. The summed E-state index contributed by atoms with van der Waals surface area (Å²) in [7, 11) is 1.66. The summed E-state index contributed by atoms with van der Waals surface area (Å²) in [4.78, 5) is 21.0. The molecule has 2 heterocycles. The van der Waals surface area contributed by atoms with E-state index in [1.165, 1.54) is 0 Å². The molecule has 0 aliphatic heterocycles. The average molecular weight is 379 g/mol. The normalized spacial score (nSPS) is 20.1. The molecule has 1 aliphatic carbocycles. The van der Waals surface area contributed by atoms with Gasteiger partial charge in [0.2, 0.25) is 0 Å². The van der Waals surface area contributed by atoms with Gasteiger partial charge in [0.25, 0.3) is 5.91 Å². The van der Waals surface area contributed by atoms with Gasteiger partial charge in [-0.25, -0.2) is 9.97 Å². The van der Waals surface area contributed by atoms with Gasteiger partial charge in [0, 0.05) is 36.6 Å². The van der Waals surface area contributed by atoms with Crippen LogP contribution >= 0.6 is 11.6 Å². The Labute approximate surface area is 157 Å². The Balaban J connectivity index is 1.56. The number of nitrogens with one attached hydrogen (secondary N) is 1. The fourth-order valence-corrected chi connectivity index (χ4v) is 3.26. The highest BCUT2D eigenvalue weighted by atomic mass is 35.5. The number of rotatable bonds is 7. The zero-order chi connectivity index (χ0) is 18.4. The summed E-state index contributed by atoms with van der Waals surface area (Å²) in [6, 6.07) is 3.40. The number of imidazole rings is 1. The number of carbonyl (C=O) groups is 1. The predicted octanol–water partition coefficient (Wildman–Crippen LogP) is 2.62. The van der Waals surface area contributed by atoms with Gasteiger partial charge in [-0.15, -0.1) is 0 Å². The van der Waals surface area contributed by atoms with Crippen molar-refractivity contribution in [1.82, 2.24) is 19.9 Å². The van der Waals surface area contributed by atoms with Crippen molar-refractivity contribution in [3.05, 3.63) is 41.6 Å². The van der Waals surface area contributed by atoms with Crippen LogP contribution in [0.4, 0.5) is 0 Å². The largest absolute Gasteiger partial charge is 0.382 e. The zero-order valence-electron chi connectivity index (χ0n) is 14.7. The maximum Gasteiger partial charge on any atom is 0.270 e. The number of carbonyl (C=O) groups excluding carboxylic acids is 1. The molecule has 7 nitrogen and oxygen atoms in total. The summed E-state index contributed by atoms with van der Waals surface area (Å²) < 4.78 is 12.5. The van der Waals surface area contributed by atoms with E-state index in [0.717, 1.165) is 25.7 Å². The van der Waals surface area contributed by atoms with Crippen LogP contribution in [0.3, 0.4) is 0 Å². The topological polar surface area (TPSA) is 78.3 Å². The van der Waals surface area contributed by atoms with Crippen molar-refractivity contribution in [2.75, 3.05) is 20.3 Å². The van der Waals surface area contributed by atoms with E-state index in [1.54, 1.807) is 42.5 Å². The molecule has 3 rings (SSSR count). The number of nitrogens with zero attached hydrogens (tertiary/aromatic N) is 3. The summed E-state index contributed by atoms with van der Waals surface area (Å²) in [6.07, 6.45) is 8.90. The zero-order valence-corrected chi connectivity index (χ0v) is 15.5. The number of hydrogen-bond donors (Lipinski definition) is 1. The number of amides is 1. The first-order valence-corrected chi connectivity index (χ1v) is 9.11. The molecule has 1 fully saturated rings. The second-order valence-electron chi connectivity index (χ2n) is 6.31. The minimum atomic E-state index is -0.211. The van der Waals surface area contributed by atoms with Gasteiger partial charge in [0.1, 0.15) is 17.8 Å². The van der Waals surface area contributed by atoms with E-state index in [2.05, 4.69) is 15.3 Å². The van der Waals surface area contributed by atoms with E-state index in [-0.39, 0.29) is 18.1 Å². The molecule has 140 valence electrons. The summed E-state index contributed by atoms with van der Waals surface area (Å²) in [5.74, 6) is 0.355. The van der Waals surface area contributed by atoms with Gasteiger partial charge >= 0.3 is 0 Å². The van der Waals surface area contributed by atoms with E-state index < -0.39 is 0 Å². The van der Waals surface area contributed by atoms with Gasteiger partial charge < -0.3 is 14.8 Å². The fraction of sp³-hybridized carbons (Fsp3) is 0.500. The van der Waals surface area contributed by atoms with Crippen molar-refractivity contribution in [1.29, 1.82) is 0 Å². The highest BCUT2D eigenvalue weighted by Gasteiger charge is 2.24. The summed E-state index contributed by atoms with van der Waals surface area (Å²) in [5, 5.41) is 3.52. The lowest BCUT2D eigenvalue weighted by atomic mass is 9.93. The van der Waals surface area contributed by atoms with Crippen LogP contribution in [0.25, 0.3) is 5.82 Å². The van der Waals surface area contributed by atoms with Gasteiger partial charge in [0.15, 0.2) is 0 Å². The van der Waals surface area contributed by atoms with Crippen LogP contribution < -0.4 is 5.32 Å². The number of hydrogen-bond acceptors (Lipinski definition) is 5. The van der Waals surface area contributed by atoms with Crippen molar-refractivity contribution in [2.24, 2.45) is 0 Å². The van der Waals surface area contributed by atoms with Gasteiger partial charge in [-0.3, -0.25) is 9.36 Å². The molecule has 0 radical (unpaired) electrons. The van der Waals surface area contributed by atoms with Crippen LogP contribution in [0.2, 0.25) is 5.02 Å². The SMILES string of the molecule is COCCO[C@H]1CC[C@H](NC(=O)c2cc(Cl)cc(-n3ccnc3)n2)CC1. The number of pyridine rings is 1. The predicted molar refractivity (Wildman–Crippen MR) is 97.7 cm³/mol. The third-order valence-electron chi connectivity index (χ3n) is 4.43. The monoisotopic (exact) mass is 378 g/mol. The smallest absolute Gasteiger partial charge is 0.270 e. The van der Waals surface area contributed by atoms with Gasteiger partial charge in [-0.05, 0) is 31.7 Å². The molecular weight excluding hydrogens is 356 g/mol. The molecule has 0 aromatic carbocycles. The van der Waals surface area contributed by atoms with Crippen LogP contribution in [0.1, 0.15) is 36.2 Å². The second kappa shape index (κ2) is 9.12. The highest BCUT2D eigenvalue weighted by Crippen LogP contribution is 2.22. The van der Waals surface area contributed by atoms with Crippen molar-refractivity contribution >= 4 is 17.5 Å². The average Bonchev–Trinajstić information content (AvgIpc) is 3.18. The van der Waals surface area contributed by atoms with Crippen LogP contribution in [-0.2, 0) is 9.47 Å². The molecule has 1 aliphatic rings. The Kier molecular flexibility index (Phi) is 6.60. The van der Waals surface area contributed by atoms with Crippen LogP contribution in [0.15, 0.2) is 30.9 Å². The third kappa shape index (κ3) is 5.03. The van der Waals surface area contributed by atoms with E-state index in [1.807, 2.05) is 0 Å². The minimum Gasteiger partial charge on any atom is -0.382 e. The van der Waals surface area contributed by atoms with Crippen molar-refractivity contribution < 1.29 is 14.3 Å². The first-order valence-electron chi connectivity index (χ1n) is 8.73. The molecular formula is C18H23ClN4O3. The first-order chi connectivity index (χ1) is 12.7. The van der Waals surface area contributed by atoms with Gasteiger partial charge in [-0.1, -0.05) is 11.6 Å². The molecule has 0 unspecified atom stereocenters. The van der Waals surface area contributed by atoms with Crippen molar-refractivity contribution in [3.8, 4) is 5.82 Å². The Bertz CT molecular complexity index is 715. The Morgan fingerprint density at radius 2 is 2.12 bits per heavy atom.